The van der Waals surface area contributed by atoms with Crippen LogP contribution in [0.25, 0.3) is 0 Å². The monoisotopic (exact) mass is 456 g/mol. The second-order valence-corrected chi connectivity index (χ2v) is 8.43. The minimum atomic E-state index is -0.515. The lowest BCUT2D eigenvalue weighted by Gasteiger charge is -2.18. The molecule has 0 aliphatic rings. The van der Waals surface area contributed by atoms with Gasteiger partial charge in [-0.05, 0) is 52.4 Å². The van der Waals surface area contributed by atoms with E-state index in [4.69, 9.17) is 2.74 Å². The Bertz CT molecular complexity index is 622. The fourth-order valence-corrected chi connectivity index (χ4v) is 3.27. The molecule has 0 spiro atoms. The average Bonchev–Trinajstić information content (AvgIpc) is 2.79. The number of rotatable bonds is 21. The Hall–Kier alpha value is -1.80. The number of unbranched alkanes of at least 4 members (excludes halogenated alkanes) is 2. The molecule has 0 fully saturated rings. The summed E-state index contributed by atoms with van der Waals surface area (Å²) in [6.45, 7) is 8.76. The van der Waals surface area contributed by atoms with Crippen LogP contribution in [0.1, 0.15) is 88.2 Å². The van der Waals surface area contributed by atoms with E-state index in [0.29, 0.717) is 39.0 Å². The fraction of sp³-hybridized carbons (Fsp3) is 0.833. The summed E-state index contributed by atoms with van der Waals surface area (Å²) in [5, 5.41) is 11.8. The summed E-state index contributed by atoms with van der Waals surface area (Å²) in [5.74, 6) is -0.661. The molecule has 0 aromatic rings. The van der Waals surface area contributed by atoms with Crippen molar-refractivity contribution in [1.82, 2.24) is 21.3 Å². The number of hydrogen-bond acceptors (Lipinski definition) is 6. The largest absolute Gasteiger partial charge is 0.355 e. The van der Waals surface area contributed by atoms with E-state index in [0.717, 1.165) is 38.5 Å². The van der Waals surface area contributed by atoms with E-state index in [1.54, 1.807) is 13.8 Å². The number of amides is 2. The molecule has 4 atom stereocenters. The summed E-state index contributed by atoms with van der Waals surface area (Å²) < 4.78 is 14.5. The van der Waals surface area contributed by atoms with Crippen LogP contribution < -0.4 is 21.3 Å². The van der Waals surface area contributed by atoms with Crippen molar-refractivity contribution in [3.05, 3.63) is 0 Å². The molecule has 0 aromatic carbocycles. The highest BCUT2D eigenvalue weighted by Gasteiger charge is 2.14. The first-order chi connectivity index (χ1) is 16.1. The predicted octanol–water partition coefficient (Wildman–Crippen LogP) is 2.31. The third kappa shape index (κ3) is 15.1. The molecule has 32 heavy (non-hydrogen) atoms. The van der Waals surface area contributed by atoms with E-state index in [-0.39, 0.29) is 23.7 Å². The van der Waals surface area contributed by atoms with E-state index in [1.807, 2.05) is 13.8 Å². The van der Waals surface area contributed by atoms with Crippen molar-refractivity contribution in [2.24, 2.45) is 11.8 Å². The van der Waals surface area contributed by atoms with Crippen molar-refractivity contribution in [1.29, 1.82) is 0 Å². The van der Waals surface area contributed by atoms with Gasteiger partial charge in [-0.2, -0.15) is 0 Å². The Morgan fingerprint density at radius 2 is 1.25 bits per heavy atom. The second-order valence-electron chi connectivity index (χ2n) is 8.43. The van der Waals surface area contributed by atoms with Crippen LogP contribution in [-0.2, 0) is 19.2 Å². The maximum Gasteiger partial charge on any atom is 0.236 e. The van der Waals surface area contributed by atoms with E-state index in [1.165, 1.54) is 0 Å². The van der Waals surface area contributed by atoms with Crippen molar-refractivity contribution in [3.8, 4) is 0 Å². The van der Waals surface area contributed by atoms with Crippen LogP contribution in [0.3, 0.4) is 0 Å². The van der Waals surface area contributed by atoms with Gasteiger partial charge in [-0.15, -0.1) is 0 Å². The van der Waals surface area contributed by atoms with Gasteiger partial charge in [-0.3, -0.25) is 20.2 Å². The molecule has 0 aliphatic carbocycles. The lowest BCUT2D eigenvalue weighted by Crippen LogP contribution is -2.50. The van der Waals surface area contributed by atoms with Crippen molar-refractivity contribution in [3.63, 3.8) is 0 Å². The molecule has 0 aromatic heterocycles. The molecule has 0 bridgehead atoms. The molecule has 0 aliphatic heterocycles. The lowest BCUT2D eigenvalue weighted by molar-refractivity contribution is -0.122. The van der Waals surface area contributed by atoms with Gasteiger partial charge in [-0.25, -0.2) is 0 Å². The molecule has 8 heteroatoms. The third-order valence-electron chi connectivity index (χ3n) is 5.62. The van der Waals surface area contributed by atoms with Gasteiger partial charge in [0.2, 0.25) is 11.8 Å². The molecule has 0 saturated carbocycles. The van der Waals surface area contributed by atoms with Crippen molar-refractivity contribution in [2.75, 3.05) is 19.8 Å². The lowest BCUT2D eigenvalue weighted by atomic mass is 9.99. The topological polar surface area (TPSA) is 116 Å². The molecule has 186 valence electrons. The minimum absolute atomic E-state index is 0.128. The van der Waals surface area contributed by atoms with Crippen LogP contribution in [0.5, 0.6) is 0 Å². The molecule has 2 unspecified atom stereocenters. The Labute approximate surface area is 197 Å². The zero-order chi connectivity index (χ0) is 25.9. The number of hydrogen-bond donors (Lipinski definition) is 4. The first-order valence-corrected chi connectivity index (χ1v) is 12.2. The molecular weight excluding hydrogens is 408 g/mol. The fourth-order valence-electron chi connectivity index (χ4n) is 3.27. The van der Waals surface area contributed by atoms with Crippen LogP contribution in [0, 0.1) is 11.8 Å². The summed E-state index contributed by atoms with van der Waals surface area (Å²) in [7, 11) is 0. The Morgan fingerprint density at radius 3 is 1.66 bits per heavy atom. The molecule has 2 amide bonds. The van der Waals surface area contributed by atoms with Crippen LogP contribution >= 0.6 is 0 Å². The van der Waals surface area contributed by atoms with Gasteiger partial charge in [0.1, 0.15) is 15.3 Å². The average molecular weight is 457 g/mol. The number of aldehydes is 2. The van der Waals surface area contributed by atoms with Crippen molar-refractivity contribution in [2.45, 2.75) is 97.6 Å². The standard InChI is InChI=1S/C24H46N4O4/c1-5-11-22(17-30)13-8-10-15-26-24(32)20(4)28-18-27-19(3)23(31)25-14-9-7-12-21(6-2)16-29/h16-17,19-22,27-28H,5-15,18H2,1-4H3,(H,25,31)(H,26,32)/t19?,20?,21-,22+/m1/s1/i16D,17D. The zero-order valence-electron chi connectivity index (χ0n) is 22.4. The SMILES string of the molecule is [2H]C(=O)[C@@H](CCC)CCCCNC(=O)C(C)NCNC(C)C(=O)NCCCC[C@@H](CC)C([2H])=O. The summed E-state index contributed by atoms with van der Waals surface area (Å²) in [6.07, 6.45) is 5.77. The molecule has 0 rings (SSSR count). The van der Waals surface area contributed by atoms with E-state index < -0.39 is 24.6 Å². The number of nitrogens with one attached hydrogen (secondary N) is 4. The molecule has 0 heterocycles. The molecule has 0 radical (unpaired) electrons. The summed E-state index contributed by atoms with van der Waals surface area (Å²) >= 11 is 0. The van der Waals surface area contributed by atoms with Crippen molar-refractivity contribution < 1.29 is 21.9 Å². The van der Waals surface area contributed by atoms with Gasteiger partial charge >= 0.3 is 0 Å². The third-order valence-corrected chi connectivity index (χ3v) is 5.62. The summed E-state index contributed by atoms with van der Waals surface area (Å²) in [5.41, 5.74) is 0. The van der Waals surface area contributed by atoms with E-state index >= 15 is 0 Å². The van der Waals surface area contributed by atoms with Crippen LogP contribution in [0.2, 0.25) is 0 Å². The first-order valence-electron chi connectivity index (χ1n) is 13.2. The molecule has 4 N–H and O–H groups in total. The highest BCUT2D eigenvalue weighted by Crippen LogP contribution is 2.12. The van der Waals surface area contributed by atoms with E-state index in [2.05, 4.69) is 21.3 Å². The van der Waals surface area contributed by atoms with Gasteiger partial charge in [0.15, 0.2) is 0 Å². The maximum absolute atomic E-state index is 12.2. The Balaban J connectivity index is 3.91. The summed E-state index contributed by atoms with van der Waals surface area (Å²) in [6, 6.07) is -0.839. The molecule has 8 nitrogen and oxygen atoms in total. The quantitative estimate of drug-likeness (QED) is 0.120. The second kappa shape index (κ2) is 19.9. The summed E-state index contributed by atoms with van der Waals surface area (Å²) in [4.78, 5) is 46.7. The highest BCUT2D eigenvalue weighted by atomic mass is 16.2. The van der Waals surface area contributed by atoms with Gasteiger partial charge in [0.05, 0.1) is 12.1 Å². The predicted molar refractivity (Wildman–Crippen MR) is 128 cm³/mol. The smallest absolute Gasteiger partial charge is 0.236 e. The number of carbonyl (C=O) groups is 4. The number of carbonyl (C=O) groups excluding carboxylic acids is 4. The Morgan fingerprint density at radius 1 is 0.781 bits per heavy atom. The van der Waals surface area contributed by atoms with Crippen molar-refractivity contribution >= 4 is 24.3 Å². The Kier molecular flexibility index (Phi) is 16.4. The van der Waals surface area contributed by atoms with E-state index in [9.17, 15) is 19.2 Å². The van der Waals surface area contributed by atoms with Crippen LogP contribution in [0.4, 0.5) is 0 Å². The molecular formula is C24H46N4O4. The van der Waals surface area contributed by atoms with Crippen LogP contribution in [-0.4, -0.2) is 56.2 Å². The van der Waals surface area contributed by atoms with Gasteiger partial charge in [-0.1, -0.05) is 33.1 Å². The first kappa shape index (κ1) is 26.5. The normalized spacial score (nSPS) is 15.6. The van der Waals surface area contributed by atoms with Gasteiger partial charge in [0.25, 0.3) is 0 Å². The minimum Gasteiger partial charge on any atom is -0.355 e. The van der Waals surface area contributed by atoms with Gasteiger partial charge < -0.3 is 20.2 Å². The molecule has 0 saturated heterocycles. The maximum atomic E-state index is 12.2. The highest BCUT2D eigenvalue weighted by molar-refractivity contribution is 5.81. The zero-order valence-corrected chi connectivity index (χ0v) is 20.4. The van der Waals surface area contributed by atoms with Gasteiger partial charge in [0, 0.05) is 31.6 Å². The van der Waals surface area contributed by atoms with Crippen LogP contribution in [0.15, 0.2) is 0 Å².